The van der Waals surface area contributed by atoms with E-state index in [2.05, 4.69) is 38.0 Å². The van der Waals surface area contributed by atoms with Crippen LogP contribution in [0.25, 0.3) is 0 Å². The van der Waals surface area contributed by atoms with Crippen molar-refractivity contribution in [1.82, 2.24) is 10.2 Å². The van der Waals surface area contributed by atoms with Gasteiger partial charge in [0.25, 0.3) is 0 Å². The highest BCUT2D eigenvalue weighted by Gasteiger charge is 2.23. The molecule has 1 saturated heterocycles. The number of hydrogen-bond acceptors (Lipinski definition) is 2. The first-order valence-electron chi connectivity index (χ1n) is 6.09. The van der Waals surface area contributed by atoms with Crippen LogP contribution in [0.1, 0.15) is 40.0 Å². The fourth-order valence-electron chi connectivity index (χ4n) is 2.26. The van der Waals surface area contributed by atoms with Crippen molar-refractivity contribution in [3.63, 3.8) is 0 Å². The molecular weight excluding hydrogens is 172 g/mol. The average molecular weight is 198 g/mol. The molecule has 1 N–H and O–H groups in total. The highest BCUT2D eigenvalue weighted by atomic mass is 15.2. The van der Waals surface area contributed by atoms with Crippen molar-refractivity contribution in [3.8, 4) is 0 Å². The zero-order chi connectivity index (χ0) is 10.6. The molecule has 14 heavy (non-hydrogen) atoms. The van der Waals surface area contributed by atoms with Gasteiger partial charge in [-0.3, -0.25) is 4.90 Å². The molecule has 0 aromatic carbocycles. The second-order valence-electron chi connectivity index (χ2n) is 4.79. The summed E-state index contributed by atoms with van der Waals surface area (Å²) in [6, 6.07) is 1.47. The summed E-state index contributed by atoms with van der Waals surface area (Å²) in [5.41, 5.74) is 0. The van der Waals surface area contributed by atoms with Crippen LogP contribution in [0.4, 0.5) is 0 Å². The first kappa shape index (κ1) is 12.0. The Hall–Kier alpha value is -0.0800. The molecule has 1 heterocycles. The predicted molar refractivity (Wildman–Crippen MR) is 62.6 cm³/mol. The van der Waals surface area contributed by atoms with Gasteiger partial charge < -0.3 is 5.32 Å². The average Bonchev–Trinajstić information content (AvgIpc) is 2.27. The summed E-state index contributed by atoms with van der Waals surface area (Å²) >= 11 is 0. The summed E-state index contributed by atoms with van der Waals surface area (Å²) in [5, 5.41) is 3.49. The molecule has 0 aromatic rings. The van der Waals surface area contributed by atoms with Crippen molar-refractivity contribution in [2.45, 2.75) is 52.1 Å². The summed E-state index contributed by atoms with van der Waals surface area (Å²) in [7, 11) is 2.29. The van der Waals surface area contributed by atoms with Crippen LogP contribution >= 0.6 is 0 Å². The van der Waals surface area contributed by atoms with Gasteiger partial charge in [-0.25, -0.2) is 0 Å². The lowest BCUT2D eigenvalue weighted by atomic mass is 9.96. The van der Waals surface area contributed by atoms with E-state index >= 15 is 0 Å². The van der Waals surface area contributed by atoms with E-state index < -0.39 is 0 Å². The topological polar surface area (TPSA) is 15.3 Å². The van der Waals surface area contributed by atoms with Crippen LogP contribution in [0.5, 0.6) is 0 Å². The van der Waals surface area contributed by atoms with E-state index in [-0.39, 0.29) is 0 Å². The minimum Gasteiger partial charge on any atom is -0.315 e. The molecule has 84 valence electrons. The second kappa shape index (κ2) is 5.72. The molecule has 2 nitrogen and oxygen atoms in total. The molecule has 0 amide bonds. The highest BCUT2D eigenvalue weighted by Crippen LogP contribution is 2.18. The Kier molecular flexibility index (Phi) is 4.90. The molecule has 1 aliphatic heterocycles. The molecule has 0 saturated carbocycles. The minimum atomic E-state index is 0.713. The van der Waals surface area contributed by atoms with E-state index in [0.717, 1.165) is 12.0 Å². The van der Waals surface area contributed by atoms with E-state index in [1.54, 1.807) is 0 Å². The van der Waals surface area contributed by atoms with E-state index in [1.807, 2.05) is 0 Å². The van der Waals surface area contributed by atoms with Gasteiger partial charge in [-0.15, -0.1) is 0 Å². The van der Waals surface area contributed by atoms with Crippen LogP contribution < -0.4 is 5.32 Å². The quantitative estimate of drug-likeness (QED) is 0.744. The summed E-state index contributed by atoms with van der Waals surface area (Å²) < 4.78 is 0. The Labute approximate surface area is 89.1 Å². The smallest absolute Gasteiger partial charge is 0.0220 e. The summed E-state index contributed by atoms with van der Waals surface area (Å²) in [6.45, 7) is 9.40. The first-order chi connectivity index (χ1) is 6.66. The van der Waals surface area contributed by atoms with Crippen molar-refractivity contribution in [3.05, 3.63) is 0 Å². The van der Waals surface area contributed by atoms with E-state index in [1.165, 1.54) is 32.4 Å². The van der Waals surface area contributed by atoms with Gasteiger partial charge in [-0.2, -0.15) is 0 Å². The first-order valence-corrected chi connectivity index (χ1v) is 6.09. The van der Waals surface area contributed by atoms with Crippen LogP contribution in [0, 0.1) is 5.92 Å². The maximum Gasteiger partial charge on any atom is 0.0220 e. The molecular formula is C12H26N2. The number of nitrogens with one attached hydrogen (secondary N) is 1. The van der Waals surface area contributed by atoms with Gasteiger partial charge in [-0.05, 0) is 39.3 Å². The van der Waals surface area contributed by atoms with Crippen molar-refractivity contribution < 1.29 is 0 Å². The number of hydrogen-bond donors (Lipinski definition) is 1. The largest absolute Gasteiger partial charge is 0.315 e. The van der Waals surface area contributed by atoms with E-state index in [0.29, 0.717) is 6.04 Å². The van der Waals surface area contributed by atoms with Gasteiger partial charge in [0, 0.05) is 18.6 Å². The number of likely N-dealkylation sites (N-methyl/N-ethyl adjacent to an activating group) is 1. The normalized spacial score (nSPS) is 27.6. The molecule has 2 heteroatoms. The predicted octanol–water partition coefficient (Wildman–Crippen LogP) is 2.10. The fraction of sp³-hybridized carbons (Fsp3) is 1.00. The Morgan fingerprint density at radius 3 is 2.64 bits per heavy atom. The van der Waals surface area contributed by atoms with E-state index in [4.69, 9.17) is 0 Å². The Morgan fingerprint density at radius 2 is 2.14 bits per heavy atom. The molecule has 3 unspecified atom stereocenters. The van der Waals surface area contributed by atoms with Crippen LogP contribution in [0.15, 0.2) is 0 Å². The Balaban J connectivity index is 2.41. The molecule has 0 radical (unpaired) electrons. The monoisotopic (exact) mass is 198 g/mol. The highest BCUT2D eigenvalue weighted by molar-refractivity contribution is 4.81. The third-order valence-corrected chi connectivity index (χ3v) is 3.96. The molecule has 1 fully saturated rings. The van der Waals surface area contributed by atoms with E-state index in [9.17, 15) is 0 Å². The summed E-state index contributed by atoms with van der Waals surface area (Å²) in [6.07, 6.45) is 3.98. The minimum absolute atomic E-state index is 0.713. The molecule has 0 bridgehead atoms. The van der Waals surface area contributed by atoms with Crippen molar-refractivity contribution in [2.75, 3.05) is 20.1 Å². The van der Waals surface area contributed by atoms with Gasteiger partial charge in [-0.1, -0.05) is 20.3 Å². The maximum atomic E-state index is 3.49. The van der Waals surface area contributed by atoms with Crippen molar-refractivity contribution in [2.24, 2.45) is 5.92 Å². The standard InChI is InChI=1S/C12H26N2/c1-5-10(2)11(3)14(4)12-7-6-8-13-9-12/h10-13H,5-9H2,1-4H3. The lowest BCUT2D eigenvalue weighted by Crippen LogP contribution is -2.49. The van der Waals surface area contributed by atoms with Crippen molar-refractivity contribution >= 4 is 0 Å². The Bertz CT molecular complexity index is 150. The number of piperidine rings is 1. The number of nitrogens with zero attached hydrogens (tertiary/aromatic N) is 1. The lowest BCUT2D eigenvalue weighted by molar-refractivity contribution is 0.120. The van der Waals surface area contributed by atoms with Crippen LogP contribution in [-0.4, -0.2) is 37.1 Å². The molecule has 1 aliphatic rings. The summed E-state index contributed by atoms with van der Waals surface area (Å²) in [5.74, 6) is 0.807. The van der Waals surface area contributed by atoms with Crippen LogP contribution in [0.2, 0.25) is 0 Å². The van der Waals surface area contributed by atoms with Gasteiger partial charge in [0.05, 0.1) is 0 Å². The summed E-state index contributed by atoms with van der Waals surface area (Å²) in [4.78, 5) is 2.57. The molecule has 0 aromatic heterocycles. The zero-order valence-corrected chi connectivity index (χ0v) is 10.2. The lowest BCUT2D eigenvalue weighted by Gasteiger charge is -2.38. The van der Waals surface area contributed by atoms with Crippen LogP contribution in [-0.2, 0) is 0 Å². The van der Waals surface area contributed by atoms with Gasteiger partial charge in [0.2, 0.25) is 0 Å². The van der Waals surface area contributed by atoms with Gasteiger partial charge in [0.1, 0.15) is 0 Å². The molecule has 3 atom stereocenters. The van der Waals surface area contributed by atoms with Crippen molar-refractivity contribution in [1.29, 1.82) is 0 Å². The SMILES string of the molecule is CCC(C)C(C)N(C)C1CCCNC1. The fourth-order valence-corrected chi connectivity index (χ4v) is 2.26. The third-order valence-electron chi connectivity index (χ3n) is 3.96. The maximum absolute atomic E-state index is 3.49. The molecule has 0 aliphatic carbocycles. The second-order valence-corrected chi connectivity index (χ2v) is 4.79. The molecule has 1 rings (SSSR count). The van der Waals surface area contributed by atoms with Crippen LogP contribution in [0.3, 0.4) is 0 Å². The van der Waals surface area contributed by atoms with Gasteiger partial charge in [0.15, 0.2) is 0 Å². The Morgan fingerprint density at radius 1 is 1.43 bits per heavy atom. The molecule has 0 spiro atoms. The zero-order valence-electron chi connectivity index (χ0n) is 10.2. The third kappa shape index (κ3) is 2.96. The van der Waals surface area contributed by atoms with Gasteiger partial charge >= 0.3 is 0 Å². The number of rotatable bonds is 4.